The fraction of sp³-hybridized carbons (Fsp3) is 0.391. The SMILES string of the molecule is Fc1ccc(CN2CCN(C3=CCC(c4ccc(F)cc4)CC3)CC2)cc1. The molecule has 0 amide bonds. The molecule has 0 spiro atoms. The van der Waals surface area contributed by atoms with Gasteiger partial charge in [0.15, 0.2) is 0 Å². The molecule has 0 bridgehead atoms. The number of hydrogen-bond acceptors (Lipinski definition) is 2. The zero-order valence-corrected chi connectivity index (χ0v) is 15.6. The fourth-order valence-corrected chi connectivity index (χ4v) is 4.19. The molecule has 0 aromatic heterocycles. The minimum atomic E-state index is -0.174. The molecule has 4 heteroatoms. The molecule has 2 aromatic carbocycles. The van der Waals surface area contributed by atoms with E-state index in [1.54, 1.807) is 12.1 Å². The number of halogens is 2. The van der Waals surface area contributed by atoms with Crippen molar-refractivity contribution in [2.75, 3.05) is 26.2 Å². The fourth-order valence-electron chi connectivity index (χ4n) is 4.19. The van der Waals surface area contributed by atoms with Gasteiger partial charge < -0.3 is 4.90 Å². The molecule has 0 N–H and O–H groups in total. The molecule has 2 aromatic rings. The summed E-state index contributed by atoms with van der Waals surface area (Å²) in [5.74, 6) is 0.171. The van der Waals surface area contributed by atoms with Gasteiger partial charge in [-0.05, 0) is 60.6 Å². The van der Waals surface area contributed by atoms with E-state index in [1.165, 1.54) is 29.0 Å². The van der Waals surface area contributed by atoms with E-state index in [9.17, 15) is 8.78 Å². The molecular formula is C23H26F2N2. The van der Waals surface area contributed by atoms with Gasteiger partial charge in [0.25, 0.3) is 0 Å². The molecule has 2 aliphatic rings. The Labute approximate surface area is 160 Å². The molecule has 1 fully saturated rings. The van der Waals surface area contributed by atoms with Crippen LogP contribution < -0.4 is 0 Å². The first-order valence-electron chi connectivity index (χ1n) is 9.83. The highest BCUT2D eigenvalue weighted by Gasteiger charge is 2.23. The van der Waals surface area contributed by atoms with Crippen molar-refractivity contribution in [1.29, 1.82) is 0 Å². The van der Waals surface area contributed by atoms with Gasteiger partial charge in [-0.3, -0.25) is 4.90 Å². The molecule has 27 heavy (non-hydrogen) atoms. The van der Waals surface area contributed by atoms with Gasteiger partial charge in [0.1, 0.15) is 11.6 Å². The molecule has 142 valence electrons. The van der Waals surface area contributed by atoms with Gasteiger partial charge in [-0.1, -0.05) is 30.3 Å². The summed E-state index contributed by atoms with van der Waals surface area (Å²) in [4.78, 5) is 4.95. The van der Waals surface area contributed by atoms with Crippen molar-refractivity contribution in [3.05, 3.63) is 83.1 Å². The molecule has 1 unspecified atom stereocenters. The molecular weight excluding hydrogens is 342 g/mol. The summed E-state index contributed by atoms with van der Waals surface area (Å²) in [5, 5.41) is 0. The second-order valence-corrected chi connectivity index (χ2v) is 7.61. The molecule has 1 saturated heterocycles. The summed E-state index contributed by atoms with van der Waals surface area (Å²) < 4.78 is 26.1. The van der Waals surface area contributed by atoms with Crippen LogP contribution in [0.3, 0.4) is 0 Å². The Bertz CT molecular complexity index is 775. The van der Waals surface area contributed by atoms with Crippen LogP contribution in [0.4, 0.5) is 8.78 Å². The van der Waals surface area contributed by atoms with Gasteiger partial charge in [0, 0.05) is 38.4 Å². The van der Waals surface area contributed by atoms with Crippen molar-refractivity contribution in [1.82, 2.24) is 9.80 Å². The van der Waals surface area contributed by atoms with Crippen LogP contribution >= 0.6 is 0 Å². The molecule has 0 radical (unpaired) electrons. The topological polar surface area (TPSA) is 6.48 Å². The highest BCUT2D eigenvalue weighted by atomic mass is 19.1. The van der Waals surface area contributed by atoms with Gasteiger partial charge in [-0.25, -0.2) is 8.78 Å². The average Bonchev–Trinajstić information content (AvgIpc) is 2.71. The van der Waals surface area contributed by atoms with Crippen molar-refractivity contribution < 1.29 is 8.78 Å². The number of piperazine rings is 1. The van der Waals surface area contributed by atoms with Crippen LogP contribution in [0, 0.1) is 11.6 Å². The van der Waals surface area contributed by atoms with E-state index in [0.717, 1.165) is 52.0 Å². The minimum Gasteiger partial charge on any atom is -0.373 e. The maximum atomic E-state index is 13.1. The van der Waals surface area contributed by atoms with E-state index in [2.05, 4.69) is 15.9 Å². The van der Waals surface area contributed by atoms with E-state index in [4.69, 9.17) is 0 Å². The first kappa shape index (κ1) is 18.2. The van der Waals surface area contributed by atoms with Gasteiger partial charge in [0.05, 0.1) is 0 Å². The van der Waals surface area contributed by atoms with Crippen LogP contribution in [-0.2, 0) is 6.54 Å². The van der Waals surface area contributed by atoms with Crippen LogP contribution in [0.25, 0.3) is 0 Å². The first-order valence-corrected chi connectivity index (χ1v) is 9.83. The standard InChI is InChI=1S/C23H26F2N2/c24-21-7-1-18(2-8-21)17-26-13-15-27(16-14-26)23-11-5-20(6-12-23)19-3-9-22(25)10-4-19/h1-4,7-11,20H,5-6,12-17H2. The highest BCUT2D eigenvalue weighted by molar-refractivity contribution is 5.24. The summed E-state index contributed by atoms with van der Waals surface area (Å²) in [6.45, 7) is 5.06. The Hall–Kier alpha value is -2.20. The predicted molar refractivity (Wildman–Crippen MR) is 104 cm³/mol. The third-order valence-corrected chi connectivity index (χ3v) is 5.83. The normalized spacial score (nSPS) is 21.2. The van der Waals surface area contributed by atoms with Gasteiger partial charge in [0.2, 0.25) is 0 Å². The Morgan fingerprint density at radius 1 is 0.815 bits per heavy atom. The lowest BCUT2D eigenvalue weighted by molar-refractivity contribution is 0.147. The zero-order chi connectivity index (χ0) is 18.6. The number of allylic oxidation sites excluding steroid dienone is 2. The molecule has 1 atom stereocenters. The predicted octanol–water partition coefficient (Wildman–Crippen LogP) is 4.93. The van der Waals surface area contributed by atoms with Gasteiger partial charge >= 0.3 is 0 Å². The Morgan fingerprint density at radius 3 is 2.04 bits per heavy atom. The molecule has 1 heterocycles. The second kappa shape index (κ2) is 8.22. The van der Waals surface area contributed by atoms with E-state index < -0.39 is 0 Å². The molecule has 4 rings (SSSR count). The summed E-state index contributed by atoms with van der Waals surface area (Å²) in [6, 6.07) is 13.8. The minimum absolute atomic E-state index is 0.163. The van der Waals surface area contributed by atoms with Crippen LogP contribution in [-0.4, -0.2) is 36.0 Å². The van der Waals surface area contributed by atoms with Crippen molar-refractivity contribution in [2.24, 2.45) is 0 Å². The lowest BCUT2D eigenvalue weighted by atomic mass is 9.86. The van der Waals surface area contributed by atoms with Gasteiger partial charge in [-0.15, -0.1) is 0 Å². The Balaban J connectivity index is 1.28. The summed E-state index contributed by atoms with van der Waals surface area (Å²) >= 11 is 0. The average molecular weight is 368 g/mol. The van der Waals surface area contributed by atoms with Crippen molar-refractivity contribution >= 4 is 0 Å². The molecule has 1 aliphatic heterocycles. The van der Waals surface area contributed by atoms with E-state index in [-0.39, 0.29) is 11.6 Å². The molecule has 2 nitrogen and oxygen atoms in total. The zero-order valence-electron chi connectivity index (χ0n) is 15.6. The van der Waals surface area contributed by atoms with Gasteiger partial charge in [-0.2, -0.15) is 0 Å². The molecule has 0 saturated carbocycles. The number of rotatable bonds is 4. The summed E-state index contributed by atoms with van der Waals surface area (Å²) in [5.41, 5.74) is 3.88. The number of hydrogen-bond donors (Lipinski definition) is 0. The second-order valence-electron chi connectivity index (χ2n) is 7.61. The maximum Gasteiger partial charge on any atom is 0.123 e. The third kappa shape index (κ3) is 4.56. The van der Waals surface area contributed by atoms with Crippen LogP contribution in [0.15, 0.2) is 60.3 Å². The highest BCUT2D eigenvalue weighted by Crippen LogP contribution is 2.33. The summed E-state index contributed by atoms with van der Waals surface area (Å²) in [6.07, 6.45) is 5.65. The van der Waals surface area contributed by atoms with Crippen molar-refractivity contribution in [3.63, 3.8) is 0 Å². The lowest BCUT2D eigenvalue weighted by Crippen LogP contribution is -2.45. The largest absolute Gasteiger partial charge is 0.373 e. The Kier molecular flexibility index (Phi) is 5.53. The number of nitrogens with zero attached hydrogens (tertiary/aromatic N) is 2. The van der Waals surface area contributed by atoms with Crippen molar-refractivity contribution in [3.8, 4) is 0 Å². The first-order chi connectivity index (χ1) is 13.2. The van der Waals surface area contributed by atoms with Crippen LogP contribution in [0.1, 0.15) is 36.3 Å². The molecule has 1 aliphatic carbocycles. The number of benzene rings is 2. The van der Waals surface area contributed by atoms with Crippen molar-refractivity contribution in [2.45, 2.75) is 31.7 Å². The summed E-state index contributed by atoms with van der Waals surface area (Å²) in [7, 11) is 0. The third-order valence-electron chi connectivity index (χ3n) is 5.83. The van der Waals surface area contributed by atoms with E-state index in [1.807, 2.05) is 24.3 Å². The smallest absolute Gasteiger partial charge is 0.123 e. The van der Waals surface area contributed by atoms with Crippen LogP contribution in [0.5, 0.6) is 0 Å². The Morgan fingerprint density at radius 2 is 1.44 bits per heavy atom. The van der Waals surface area contributed by atoms with E-state index in [0.29, 0.717) is 5.92 Å². The maximum absolute atomic E-state index is 13.1. The monoisotopic (exact) mass is 368 g/mol. The van der Waals surface area contributed by atoms with Crippen LogP contribution in [0.2, 0.25) is 0 Å². The quantitative estimate of drug-likeness (QED) is 0.755. The van der Waals surface area contributed by atoms with E-state index >= 15 is 0 Å². The lowest BCUT2D eigenvalue weighted by Gasteiger charge is -2.39.